The Morgan fingerprint density at radius 1 is 1.25 bits per heavy atom. The Hall–Kier alpha value is -2.08. The molecule has 24 heavy (non-hydrogen) atoms. The quantitative estimate of drug-likeness (QED) is 0.806. The van der Waals surface area contributed by atoms with E-state index in [-0.39, 0.29) is 11.8 Å². The van der Waals surface area contributed by atoms with Crippen LogP contribution in [-0.2, 0) is 9.59 Å². The summed E-state index contributed by atoms with van der Waals surface area (Å²) in [6, 6.07) is 7.51. The lowest BCUT2D eigenvalue weighted by Crippen LogP contribution is -2.60. The van der Waals surface area contributed by atoms with Crippen molar-refractivity contribution in [2.75, 3.05) is 46.9 Å². The summed E-state index contributed by atoms with van der Waals surface area (Å²) in [6.45, 7) is 6.72. The second-order valence-electron chi connectivity index (χ2n) is 6.38. The summed E-state index contributed by atoms with van der Waals surface area (Å²) >= 11 is 0. The molecule has 0 radical (unpaired) electrons. The Morgan fingerprint density at radius 3 is 2.58 bits per heavy atom. The van der Waals surface area contributed by atoms with Gasteiger partial charge in [-0.25, -0.2) is 0 Å². The van der Waals surface area contributed by atoms with E-state index < -0.39 is 6.04 Å². The van der Waals surface area contributed by atoms with Crippen molar-refractivity contribution in [3.63, 3.8) is 0 Å². The third kappa shape index (κ3) is 4.47. The standard InChI is InChI=1S/C18H27N3O3/c1-14-7-5-6-8-17(14)24-12-11-20-9-10-21(15(2)22)16(13-20)18(23)19(3)4/h5-8,16H,9-13H2,1-4H3. The third-order valence-corrected chi connectivity index (χ3v) is 4.35. The molecule has 1 aliphatic heterocycles. The van der Waals surface area contributed by atoms with E-state index in [1.807, 2.05) is 31.2 Å². The van der Waals surface area contributed by atoms with Crippen LogP contribution in [0.15, 0.2) is 24.3 Å². The van der Waals surface area contributed by atoms with E-state index in [0.29, 0.717) is 19.7 Å². The molecule has 1 heterocycles. The predicted molar refractivity (Wildman–Crippen MR) is 93.0 cm³/mol. The molecule has 2 rings (SSSR count). The summed E-state index contributed by atoms with van der Waals surface area (Å²) in [5, 5.41) is 0. The van der Waals surface area contributed by atoms with Crippen LogP contribution in [0.4, 0.5) is 0 Å². The van der Waals surface area contributed by atoms with Crippen molar-refractivity contribution in [2.24, 2.45) is 0 Å². The summed E-state index contributed by atoms with van der Waals surface area (Å²) < 4.78 is 5.84. The molecule has 1 aromatic rings. The van der Waals surface area contributed by atoms with Gasteiger partial charge in [0.15, 0.2) is 0 Å². The van der Waals surface area contributed by atoms with Crippen LogP contribution in [0, 0.1) is 6.92 Å². The van der Waals surface area contributed by atoms with Crippen molar-refractivity contribution >= 4 is 11.8 Å². The number of nitrogens with zero attached hydrogens (tertiary/aromatic N) is 3. The molecule has 6 heteroatoms. The van der Waals surface area contributed by atoms with Gasteiger partial charge in [0.1, 0.15) is 18.4 Å². The van der Waals surface area contributed by atoms with Gasteiger partial charge in [-0.2, -0.15) is 0 Å². The molecular formula is C18H27N3O3. The highest BCUT2D eigenvalue weighted by Crippen LogP contribution is 2.17. The van der Waals surface area contributed by atoms with Crippen molar-refractivity contribution in [1.29, 1.82) is 0 Å². The van der Waals surface area contributed by atoms with E-state index >= 15 is 0 Å². The van der Waals surface area contributed by atoms with E-state index in [2.05, 4.69) is 4.90 Å². The number of carbonyl (C=O) groups is 2. The molecule has 2 amide bonds. The molecule has 1 atom stereocenters. The molecule has 1 aromatic carbocycles. The number of aryl methyl sites for hydroxylation is 1. The highest BCUT2D eigenvalue weighted by molar-refractivity contribution is 5.87. The lowest BCUT2D eigenvalue weighted by Gasteiger charge is -2.40. The van der Waals surface area contributed by atoms with Gasteiger partial charge in [0, 0.05) is 47.2 Å². The monoisotopic (exact) mass is 333 g/mol. The molecule has 6 nitrogen and oxygen atoms in total. The molecule has 0 aromatic heterocycles. The average molecular weight is 333 g/mol. The second-order valence-corrected chi connectivity index (χ2v) is 6.38. The molecular weight excluding hydrogens is 306 g/mol. The maximum Gasteiger partial charge on any atom is 0.246 e. The lowest BCUT2D eigenvalue weighted by atomic mass is 10.1. The van der Waals surface area contributed by atoms with Gasteiger partial charge in [-0.15, -0.1) is 0 Å². The van der Waals surface area contributed by atoms with E-state index in [1.54, 1.807) is 23.9 Å². The number of piperazine rings is 1. The number of ether oxygens (including phenoxy) is 1. The fourth-order valence-electron chi connectivity index (χ4n) is 2.93. The first-order valence-corrected chi connectivity index (χ1v) is 8.29. The molecule has 1 saturated heterocycles. The van der Waals surface area contributed by atoms with E-state index in [4.69, 9.17) is 4.74 Å². The van der Waals surface area contributed by atoms with Crippen LogP contribution in [0.2, 0.25) is 0 Å². The first-order valence-electron chi connectivity index (χ1n) is 8.29. The minimum atomic E-state index is -0.412. The molecule has 0 aliphatic carbocycles. The zero-order valence-corrected chi connectivity index (χ0v) is 15.0. The van der Waals surface area contributed by atoms with Gasteiger partial charge in [0.05, 0.1) is 0 Å². The van der Waals surface area contributed by atoms with E-state index in [9.17, 15) is 9.59 Å². The summed E-state index contributed by atoms with van der Waals surface area (Å²) in [4.78, 5) is 29.6. The van der Waals surface area contributed by atoms with Crippen LogP contribution < -0.4 is 4.74 Å². The molecule has 1 aliphatic rings. The van der Waals surface area contributed by atoms with Crippen LogP contribution in [0.3, 0.4) is 0 Å². The van der Waals surface area contributed by atoms with Crippen LogP contribution in [-0.4, -0.2) is 79.4 Å². The first kappa shape index (κ1) is 18.3. The number of amides is 2. The van der Waals surface area contributed by atoms with Crippen molar-refractivity contribution in [1.82, 2.24) is 14.7 Å². The van der Waals surface area contributed by atoms with E-state index in [1.165, 1.54) is 6.92 Å². The smallest absolute Gasteiger partial charge is 0.246 e. The topological polar surface area (TPSA) is 53.1 Å². The third-order valence-electron chi connectivity index (χ3n) is 4.35. The fourth-order valence-corrected chi connectivity index (χ4v) is 2.93. The maximum absolute atomic E-state index is 12.4. The van der Waals surface area contributed by atoms with Crippen molar-refractivity contribution < 1.29 is 14.3 Å². The summed E-state index contributed by atoms with van der Waals surface area (Å²) in [5.41, 5.74) is 1.11. The first-order chi connectivity index (χ1) is 11.4. The summed E-state index contributed by atoms with van der Waals surface area (Å²) in [5.74, 6) is 0.807. The van der Waals surface area contributed by atoms with Crippen LogP contribution in [0.1, 0.15) is 12.5 Å². The molecule has 0 spiro atoms. The molecule has 0 N–H and O–H groups in total. The minimum absolute atomic E-state index is 0.0327. The van der Waals surface area contributed by atoms with Gasteiger partial charge in [-0.1, -0.05) is 18.2 Å². The minimum Gasteiger partial charge on any atom is -0.492 e. The van der Waals surface area contributed by atoms with Crippen molar-refractivity contribution in [2.45, 2.75) is 19.9 Å². The summed E-state index contributed by atoms with van der Waals surface area (Å²) in [7, 11) is 3.45. The van der Waals surface area contributed by atoms with Gasteiger partial charge >= 0.3 is 0 Å². The molecule has 0 saturated carbocycles. The number of likely N-dealkylation sites (N-methyl/N-ethyl adjacent to an activating group) is 1. The van der Waals surface area contributed by atoms with Gasteiger partial charge in [-0.3, -0.25) is 14.5 Å². The lowest BCUT2D eigenvalue weighted by molar-refractivity contribution is -0.146. The average Bonchev–Trinajstić information content (AvgIpc) is 2.55. The zero-order chi connectivity index (χ0) is 17.7. The van der Waals surface area contributed by atoms with Gasteiger partial charge in [0.25, 0.3) is 0 Å². The Balaban J connectivity index is 1.91. The Bertz CT molecular complexity index is 589. The number of hydrogen-bond acceptors (Lipinski definition) is 4. The van der Waals surface area contributed by atoms with E-state index in [0.717, 1.165) is 24.4 Å². The van der Waals surface area contributed by atoms with Crippen molar-refractivity contribution in [3.8, 4) is 5.75 Å². The molecule has 0 bridgehead atoms. The van der Waals surface area contributed by atoms with Crippen LogP contribution in [0.25, 0.3) is 0 Å². The van der Waals surface area contributed by atoms with Crippen molar-refractivity contribution in [3.05, 3.63) is 29.8 Å². The Labute approximate surface area is 144 Å². The Morgan fingerprint density at radius 2 is 1.96 bits per heavy atom. The maximum atomic E-state index is 12.4. The number of rotatable bonds is 5. The molecule has 132 valence electrons. The number of benzene rings is 1. The summed E-state index contributed by atoms with van der Waals surface area (Å²) in [6.07, 6.45) is 0. The highest BCUT2D eigenvalue weighted by Gasteiger charge is 2.34. The van der Waals surface area contributed by atoms with Crippen LogP contribution in [0.5, 0.6) is 5.75 Å². The SMILES string of the molecule is CC(=O)N1CCN(CCOc2ccccc2C)CC1C(=O)N(C)C. The normalized spacial score (nSPS) is 18.3. The second kappa shape index (κ2) is 8.15. The van der Waals surface area contributed by atoms with Gasteiger partial charge < -0.3 is 14.5 Å². The Kier molecular flexibility index (Phi) is 6.20. The fraction of sp³-hybridized carbons (Fsp3) is 0.556. The van der Waals surface area contributed by atoms with Crippen LogP contribution >= 0.6 is 0 Å². The number of para-hydroxylation sites is 1. The number of carbonyl (C=O) groups excluding carboxylic acids is 2. The highest BCUT2D eigenvalue weighted by atomic mass is 16.5. The van der Waals surface area contributed by atoms with Gasteiger partial charge in [-0.05, 0) is 18.6 Å². The molecule has 1 unspecified atom stereocenters. The largest absolute Gasteiger partial charge is 0.492 e. The zero-order valence-electron chi connectivity index (χ0n) is 15.0. The van der Waals surface area contributed by atoms with Gasteiger partial charge in [0.2, 0.25) is 11.8 Å². The number of hydrogen-bond donors (Lipinski definition) is 0. The predicted octanol–water partition coefficient (Wildman–Crippen LogP) is 0.995. The molecule has 1 fully saturated rings.